The minimum atomic E-state index is 0.189. The standard InChI is InChI=1S/C13H11ClN6S/c14-9-2-1-4-16-10(9)3-5-19-13(21)20-12-11(8-15)17-6-7-18-12/h1-2,4,6-7H,3,5H2,(H2,18,19,20,21). The van der Waals surface area contributed by atoms with E-state index in [0.717, 1.165) is 5.69 Å². The molecule has 0 fully saturated rings. The number of aromatic nitrogens is 3. The molecule has 6 nitrogen and oxygen atoms in total. The molecule has 0 aliphatic carbocycles. The zero-order chi connectivity index (χ0) is 15.1. The minimum Gasteiger partial charge on any atom is -0.362 e. The Bertz CT molecular complexity index is 684. The molecule has 0 unspecified atom stereocenters. The van der Waals surface area contributed by atoms with Crippen LogP contribution in [0.2, 0.25) is 5.02 Å². The highest BCUT2D eigenvalue weighted by molar-refractivity contribution is 7.80. The maximum atomic E-state index is 8.91. The third-order valence-electron chi connectivity index (χ3n) is 2.52. The Morgan fingerprint density at radius 2 is 2.10 bits per heavy atom. The molecule has 2 N–H and O–H groups in total. The Balaban J connectivity index is 1.86. The average molecular weight is 319 g/mol. The lowest BCUT2D eigenvalue weighted by Crippen LogP contribution is -2.31. The first-order chi connectivity index (χ1) is 10.2. The van der Waals surface area contributed by atoms with Gasteiger partial charge in [-0.2, -0.15) is 5.26 Å². The lowest BCUT2D eigenvalue weighted by Gasteiger charge is -2.10. The number of anilines is 1. The molecule has 0 amide bonds. The Morgan fingerprint density at radius 1 is 1.29 bits per heavy atom. The van der Waals surface area contributed by atoms with Crippen LogP contribution in [0.1, 0.15) is 11.4 Å². The highest BCUT2D eigenvalue weighted by Crippen LogP contribution is 2.12. The van der Waals surface area contributed by atoms with E-state index < -0.39 is 0 Å². The molecule has 0 aliphatic rings. The summed E-state index contributed by atoms with van der Waals surface area (Å²) in [5.41, 5.74) is 0.987. The van der Waals surface area contributed by atoms with Gasteiger partial charge in [-0.25, -0.2) is 9.97 Å². The van der Waals surface area contributed by atoms with Gasteiger partial charge in [-0.05, 0) is 24.4 Å². The van der Waals surface area contributed by atoms with Crippen molar-refractivity contribution in [2.45, 2.75) is 6.42 Å². The molecule has 0 atom stereocenters. The quantitative estimate of drug-likeness (QED) is 0.833. The number of halogens is 1. The largest absolute Gasteiger partial charge is 0.362 e. The van der Waals surface area contributed by atoms with Gasteiger partial charge in [0.25, 0.3) is 0 Å². The molecule has 2 rings (SSSR count). The topological polar surface area (TPSA) is 86.5 Å². The molecule has 0 bridgehead atoms. The predicted molar refractivity (Wildman–Crippen MR) is 83.9 cm³/mol. The molecule has 0 aliphatic heterocycles. The highest BCUT2D eigenvalue weighted by atomic mass is 35.5. The van der Waals surface area contributed by atoms with Gasteiger partial charge in [0.2, 0.25) is 0 Å². The fourth-order valence-electron chi connectivity index (χ4n) is 1.56. The third-order valence-corrected chi connectivity index (χ3v) is 3.11. The maximum absolute atomic E-state index is 8.91. The smallest absolute Gasteiger partial charge is 0.183 e. The molecule has 0 saturated carbocycles. The van der Waals surface area contributed by atoms with E-state index in [1.165, 1.54) is 12.4 Å². The number of pyridine rings is 1. The van der Waals surface area contributed by atoms with Crippen LogP contribution in [0.15, 0.2) is 30.7 Å². The van der Waals surface area contributed by atoms with Crippen LogP contribution in [0.5, 0.6) is 0 Å². The van der Waals surface area contributed by atoms with Gasteiger partial charge in [-0.15, -0.1) is 0 Å². The van der Waals surface area contributed by atoms with E-state index in [1.807, 2.05) is 6.07 Å². The number of nitriles is 1. The van der Waals surface area contributed by atoms with Gasteiger partial charge >= 0.3 is 0 Å². The van der Waals surface area contributed by atoms with E-state index in [9.17, 15) is 0 Å². The molecule has 2 aromatic heterocycles. The molecule has 2 heterocycles. The van der Waals surface area contributed by atoms with Crippen LogP contribution in [-0.4, -0.2) is 26.6 Å². The van der Waals surface area contributed by atoms with Crippen molar-refractivity contribution in [3.05, 3.63) is 47.1 Å². The molecule has 0 radical (unpaired) electrons. The monoisotopic (exact) mass is 318 g/mol. The lowest BCUT2D eigenvalue weighted by molar-refractivity contribution is 0.847. The van der Waals surface area contributed by atoms with Crippen molar-refractivity contribution in [1.29, 1.82) is 5.26 Å². The van der Waals surface area contributed by atoms with E-state index >= 15 is 0 Å². The molecule has 0 spiro atoms. The molecule has 2 aromatic rings. The Morgan fingerprint density at radius 3 is 2.86 bits per heavy atom. The summed E-state index contributed by atoms with van der Waals surface area (Å²) in [4.78, 5) is 12.1. The van der Waals surface area contributed by atoms with Gasteiger partial charge in [0, 0.05) is 31.6 Å². The summed E-state index contributed by atoms with van der Waals surface area (Å²) in [7, 11) is 0. The van der Waals surface area contributed by atoms with Crippen LogP contribution < -0.4 is 10.6 Å². The van der Waals surface area contributed by atoms with Gasteiger partial charge < -0.3 is 10.6 Å². The molecule has 106 valence electrons. The van der Waals surface area contributed by atoms with E-state index in [4.69, 9.17) is 29.1 Å². The van der Waals surface area contributed by atoms with Crippen LogP contribution in [-0.2, 0) is 6.42 Å². The number of nitrogens with zero attached hydrogens (tertiary/aromatic N) is 4. The molecule has 21 heavy (non-hydrogen) atoms. The van der Waals surface area contributed by atoms with E-state index in [2.05, 4.69) is 25.6 Å². The summed E-state index contributed by atoms with van der Waals surface area (Å²) in [6.07, 6.45) is 5.26. The van der Waals surface area contributed by atoms with Crippen molar-refractivity contribution in [2.75, 3.05) is 11.9 Å². The van der Waals surface area contributed by atoms with Crippen LogP contribution in [0, 0.1) is 11.3 Å². The second-order valence-electron chi connectivity index (χ2n) is 3.93. The summed E-state index contributed by atoms with van der Waals surface area (Å²) >= 11 is 11.2. The second-order valence-corrected chi connectivity index (χ2v) is 4.74. The van der Waals surface area contributed by atoms with Crippen LogP contribution in [0.4, 0.5) is 5.82 Å². The predicted octanol–water partition coefficient (Wildman–Crippen LogP) is 1.93. The minimum absolute atomic E-state index is 0.189. The molecule has 0 aromatic carbocycles. The van der Waals surface area contributed by atoms with E-state index in [1.54, 1.807) is 18.3 Å². The summed E-state index contributed by atoms with van der Waals surface area (Å²) in [5, 5.41) is 15.7. The van der Waals surface area contributed by atoms with Crippen molar-refractivity contribution in [3.63, 3.8) is 0 Å². The number of hydrogen-bond donors (Lipinski definition) is 2. The van der Waals surface area contributed by atoms with E-state index in [0.29, 0.717) is 28.9 Å². The second kappa shape index (κ2) is 7.47. The third kappa shape index (κ3) is 4.34. The molecular formula is C13H11ClN6S. The zero-order valence-electron chi connectivity index (χ0n) is 10.9. The fourth-order valence-corrected chi connectivity index (χ4v) is 1.97. The average Bonchev–Trinajstić information content (AvgIpc) is 2.50. The van der Waals surface area contributed by atoms with Gasteiger partial charge in [0.05, 0.1) is 10.7 Å². The van der Waals surface area contributed by atoms with Crippen LogP contribution in [0.3, 0.4) is 0 Å². The Hall–Kier alpha value is -2.30. The summed E-state index contributed by atoms with van der Waals surface area (Å²) in [6.45, 7) is 0.560. The molecular weight excluding hydrogens is 308 g/mol. The molecule has 8 heteroatoms. The number of rotatable bonds is 4. The lowest BCUT2D eigenvalue weighted by atomic mass is 10.3. The van der Waals surface area contributed by atoms with Gasteiger partial charge in [-0.1, -0.05) is 11.6 Å². The summed E-state index contributed by atoms with van der Waals surface area (Å²) < 4.78 is 0. The fraction of sp³-hybridized carbons (Fsp3) is 0.154. The number of nitrogens with one attached hydrogen (secondary N) is 2. The Kier molecular flexibility index (Phi) is 5.37. The highest BCUT2D eigenvalue weighted by Gasteiger charge is 2.06. The van der Waals surface area contributed by atoms with Crippen molar-refractivity contribution in [1.82, 2.24) is 20.3 Å². The van der Waals surface area contributed by atoms with Gasteiger partial charge in [0.1, 0.15) is 6.07 Å². The van der Waals surface area contributed by atoms with Crippen molar-refractivity contribution < 1.29 is 0 Å². The summed E-state index contributed by atoms with van der Waals surface area (Å²) in [6, 6.07) is 5.51. The van der Waals surface area contributed by atoms with Gasteiger partial charge in [-0.3, -0.25) is 4.98 Å². The number of thiocarbonyl (C=S) groups is 1. The van der Waals surface area contributed by atoms with Gasteiger partial charge in [0.15, 0.2) is 16.6 Å². The maximum Gasteiger partial charge on any atom is 0.183 e. The normalized spacial score (nSPS) is 9.71. The van der Waals surface area contributed by atoms with Crippen molar-refractivity contribution >= 4 is 34.7 Å². The molecule has 0 saturated heterocycles. The van der Waals surface area contributed by atoms with Crippen molar-refractivity contribution in [3.8, 4) is 6.07 Å². The summed E-state index contributed by atoms with van der Waals surface area (Å²) in [5.74, 6) is 0.327. The zero-order valence-corrected chi connectivity index (χ0v) is 12.4. The van der Waals surface area contributed by atoms with Crippen LogP contribution >= 0.6 is 23.8 Å². The van der Waals surface area contributed by atoms with Crippen molar-refractivity contribution in [2.24, 2.45) is 0 Å². The van der Waals surface area contributed by atoms with E-state index in [-0.39, 0.29) is 5.69 Å². The number of hydrogen-bond acceptors (Lipinski definition) is 5. The first-order valence-electron chi connectivity index (χ1n) is 6.06. The Labute approximate surface area is 132 Å². The SMILES string of the molecule is N#Cc1nccnc1NC(=S)NCCc1ncccc1Cl. The van der Waals surface area contributed by atoms with Crippen LogP contribution in [0.25, 0.3) is 0 Å². The first-order valence-corrected chi connectivity index (χ1v) is 6.84. The first kappa shape index (κ1) is 15.1.